The van der Waals surface area contributed by atoms with Gasteiger partial charge in [-0.25, -0.2) is 0 Å². The van der Waals surface area contributed by atoms with Crippen LogP contribution >= 0.6 is 0 Å². The molecular weight excluding hydrogens is 248 g/mol. The molecule has 0 bridgehead atoms. The molecule has 0 saturated heterocycles. The van der Waals surface area contributed by atoms with Gasteiger partial charge in [0, 0.05) is 24.7 Å². The smallest absolute Gasteiger partial charge is 0.0947 e. The molecule has 0 aliphatic carbocycles. The van der Waals surface area contributed by atoms with Gasteiger partial charge in [-0.3, -0.25) is 4.90 Å². The zero-order chi connectivity index (χ0) is 14.4. The van der Waals surface area contributed by atoms with Gasteiger partial charge < -0.3 is 10.2 Å². The number of nitrogens with two attached hydrogens (primary N) is 1. The molecule has 0 aliphatic heterocycles. The molecule has 0 spiro atoms. The summed E-state index contributed by atoms with van der Waals surface area (Å²) in [6, 6.07) is 13.0. The van der Waals surface area contributed by atoms with Gasteiger partial charge in [0.2, 0.25) is 0 Å². The maximum absolute atomic E-state index is 5.96. The molecule has 0 radical (unpaired) electrons. The molecule has 2 N–H and O–H groups in total. The topological polar surface area (TPSA) is 42.4 Å². The number of hydrogen-bond donors (Lipinski definition) is 1. The molecule has 0 saturated carbocycles. The molecule has 0 amide bonds. The predicted octanol–water partition coefficient (Wildman–Crippen LogP) is 3.23. The Morgan fingerprint density at radius 1 is 1.20 bits per heavy atom. The Bertz CT molecular complexity index is 481. The standard InChI is InChI=1S/C17H24N2O/c1-14(16-6-4-3-5-7-16)10-17(11-18)19(2)12-15-8-9-20-13-15/h3-9,13-14,17H,10-12,18H2,1-2H3. The van der Waals surface area contributed by atoms with Crippen molar-refractivity contribution >= 4 is 0 Å². The Morgan fingerprint density at radius 3 is 2.55 bits per heavy atom. The van der Waals surface area contributed by atoms with E-state index in [1.54, 1.807) is 12.5 Å². The Morgan fingerprint density at radius 2 is 1.95 bits per heavy atom. The van der Waals surface area contributed by atoms with Crippen molar-refractivity contribution in [3.63, 3.8) is 0 Å². The molecule has 3 nitrogen and oxygen atoms in total. The molecule has 1 heterocycles. The van der Waals surface area contributed by atoms with Crippen molar-refractivity contribution < 1.29 is 4.42 Å². The van der Waals surface area contributed by atoms with Crippen LogP contribution in [0.3, 0.4) is 0 Å². The van der Waals surface area contributed by atoms with Crippen LogP contribution in [0.25, 0.3) is 0 Å². The predicted molar refractivity (Wildman–Crippen MR) is 82.5 cm³/mol. The van der Waals surface area contributed by atoms with Gasteiger partial charge in [0.25, 0.3) is 0 Å². The van der Waals surface area contributed by atoms with Crippen LogP contribution in [0.1, 0.15) is 30.4 Å². The zero-order valence-electron chi connectivity index (χ0n) is 12.3. The SMILES string of the molecule is CC(CC(CN)N(C)Cc1ccoc1)c1ccccc1. The Hall–Kier alpha value is -1.58. The summed E-state index contributed by atoms with van der Waals surface area (Å²) in [6.45, 7) is 3.81. The van der Waals surface area contributed by atoms with E-state index in [1.807, 2.05) is 6.07 Å². The van der Waals surface area contributed by atoms with E-state index in [1.165, 1.54) is 11.1 Å². The highest BCUT2D eigenvalue weighted by Gasteiger charge is 2.18. The van der Waals surface area contributed by atoms with E-state index in [4.69, 9.17) is 10.2 Å². The van der Waals surface area contributed by atoms with Crippen molar-refractivity contribution in [2.24, 2.45) is 5.73 Å². The van der Waals surface area contributed by atoms with Gasteiger partial charge >= 0.3 is 0 Å². The number of nitrogens with zero attached hydrogens (tertiary/aromatic N) is 1. The quantitative estimate of drug-likeness (QED) is 0.841. The number of rotatable bonds is 7. The van der Waals surface area contributed by atoms with Crippen LogP contribution in [0, 0.1) is 0 Å². The van der Waals surface area contributed by atoms with Crippen molar-refractivity contribution in [1.29, 1.82) is 0 Å². The van der Waals surface area contributed by atoms with Crippen molar-refractivity contribution in [3.05, 3.63) is 60.1 Å². The number of benzene rings is 1. The van der Waals surface area contributed by atoms with Gasteiger partial charge in [0.05, 0.1) is 12.5 Å². The van der Waals surface area contributed by atoms with Gasteiger partial charge in [-0.2, -0.15) is 0 Å². The molecule has 0 aliphatic rings. The van der Waals surface area contributed by atoms with E-state index in [0.717, 1.165) is 13.0 Å². The third kappa shape index (κ3) is 3.95. The number of hydrogen-bond acceptors (Lipinski definition) is 3. The van der Waals surface area contributed by atoms with Gasteiger partial charge in [-0.1, -0.05) is 37.3 Å². The average molecular weight is 272 g/mol. The summed E-state index contributed by atoms with van der Waals surface area (Å²) in [6.07, 6.45) is 4.58. The molecule has 2 aromatic rings. The summed E-state index contributed by atoms with van der Waals surface area (Å²) in [7, 11) is 2.13. The van der Waals surface area contributed by atoms with Crippen LogP contribution in [-0.4, -0.2) is 24.5 Å². The van der Waals surface area contributed by atoms with E-state index < -0.39 is 0 Å². The second kappa shape index (κ2) is 7.27. The van der Waals surface area contributed by atoms with Gasteiger partial charge in [-0.05, 0) is 31.0 Å². The summed E-state index contributed by atoms with van der Waals surface area (Å²) < 4.78 is 5.12. The summed E-state index contributed by atoms with van der Waals surface area (Å²) in [5.41, 5.74) is 8.53. The van der Waals surface area contributed by atoms with Gasteiger partial charge in [-0.15, -0.1) is 0 Å². The van der Waals surface area contributed by atoms with Crippen molar-refractivity contribution in [2.75, 3.05) is 13.6 Å². The molecule has 1 aromatic heterocycles. The Kier molecular flexibility index (Phi) is 5.39. The van der Waals surface area contributed by atoms with E-state index in [0.29, 0.717) is 18.5 Å². The highest BCUT2D eigenvalue weighted by Crippen LogP contribution is 2.22. The lowest BCUT2D eigenvalue weighted by molar-refractivity contribution is 0.218. The number of furan rings is 1. The normalized spacial score (nSPS) is 14.4. The molecule has 1 aromatic carbocycles. The van der Waals surface area contributed by atoms with Gasteiger partial charge in [0.15, 0.2) is 0 Å². The van der Waals surface area contributed by atoms with E-state index in [2.05, 4.69) is 49.2 Å². The molecular formula is C17H24N2O. The minimum absolute atomic E-state index is 0.375. The van der Waals surface area contributed by atoms with Crippen molar-refractivity contribution in [2.45, 2.75) is 31.8 Å². The molecule has 2 unspecified atom stereocenters. The monoisotopic (exact) mass is 272 g/mol. The second-order valence-electron chi connectivity index (χ2n) is 5.48. The van der Waals surface area contributed by atoms with Crippen LogP contribution in [0.15, 0.2) is 53.3 Å². The highest BCUT2D eigenvalue weighted by molar-refractivity contribution is 5.19. The third-order valence-corrected chi connectivity index (χ3v) is 3.90. The highest BCUT2D eigenvalue weighted by atomic mass is 16.3. The van der Waals surface area contributed by atoms with Crippen molar-refractivity contribution in [3.8, 4) is 0 Å². The molecule has 108 valence electrons. The fraction of sp³-hybridized carbons (Fsp3) is 0.412. The molecule has 2 rings (SSSR count). The second-order valence-corrected chi connectivity index (χ2v) is 5.48. The fourth-order valence-corrected chi connectivity index (χ4v) is 2.58. The first-order valence-corrected chi connectivity index (χ1v) is 7.17. The van der Waals surface area contributed by atoms with Crippen molar-refractivity contribution in [1.82, 2.24) is 4.90 Å². The first-order valence-electron chi connectivity index (χ1n) is 7.17. The summed E-state index contributed by atoms with van der Waals surface area (Å²) >= 11 is 0. The van der Waals surface area contributed by atoms with Crippen LogP contribution in [0.4, 0.5) is 0 Å². The summed E-state index contributed by atoms with van der Waals surface area (Å²) in [5.74, 6) is 0.511. The lowest BCUT2D eigenvalue weighted by Crippen LogP contribution is -2.38. The van der Waals surface area contributed by atoms with E-state index in [-0.39, 0.29) is 0 Å². The van der Waals surface area contributed by atoms with Crippen LogP contribution in [0.5, 0.6) is 0 Å². The lowest BCUT2D eigenvalue weighted by atomic mass is 9.93. The summed E-state index contributed by atoms with van der Waals surface area (Å²) in [5, 5.41) is 0. The first kappa shape index (κ1) is 14.8. The number of likely N-dealkylation sites (N-methyl/N-ethyl adjacent to an activating group) is 1. The molecule has 2 atom stereocenters. The Labute approximate surface area is 121 Å². The average Bonchev–Trinajstić information content (AvgIpc) is 2.98. The van der Waals surface area contributed by atoms with Gasteiger partial charge in [0.1, 0.15) is 0 Å². The maximum Gasteiger partial charge on any atom is 0.0947 e. The minimum atomic E-state index is 0.375. The first-order chi connectivity index (χ1) is 9.70. The summed E-state index contributed by atoms with van der Waals surface area (Å²) in [4.78, 5) is 2.31. The van der Waals surface area contributed by atoms with E-state index in [9.17, 15) is 0 Å². The van der Waals surface area contributed by atoms with Crippen LogP contribution in [-0.2, 0) is 6.54 Å². The fourth-order valence-electron chi connectivity index (χ4n) is 2.58. The molecule has 0 fully saturated rings. The Balaban J connectivity index is 1.94. The minimum Gasteiger partial charge on any atom is -0.472 e. The van der Waals surface area contributed by atoms with Crippen LogP contribution < -0.4 is 5.73 Å². The van der Waals surface area contributed by atoms with Crippen LogP contribution in [0.2, 0.25) is 0 Å². The third-order valence-electron chi connectivity index (χ3n) is 3.90. The molecule has 3 heteroatoms. The zero-order valence-corrected chi connectivity index (χ0v) is 12.3. The maximum atomic E-state index is 5.96. The molecule has 20 heavy (non-hydrogen) atoms. The van der Waals surface area contributed by atoms with E-state index >= 15 is 0 Å². The largest absolute Gasteiger partial charge is 0.472 e. The lowest BCUT2D eigenvalue weighted by Gasteiger charge is -2.29.